The minimum Gasteiger partial charge on any atom is -0.358 e. The molecule has 0 aliphatic rings. The van der Waals surface area contributed by atoms with Crippen molar-refractivity contribution in [1.29, 1.82) is 0 Å². The highest BCUT2D eigenvalue weighted by atomic mass is 79.9. The lowest BCUT2D eigenvalue weighted by Gasteiger charge is -2.18. The summed E-state index contributed by atoms with van der Waals surface area (Å²) in [4.78, 5) is 10.9. The minimum atomic E-state index is 1.05. The predicted molar refractivity (Wildman–Crippen MR) is 78.3 cm³/mol. The summed E-state index contributed by atoms with van der Waals surface area (Å²) >= 11 is 5.17. The van der Waals surface area contributed by atoms with Crippen molar-refractivity contribution in [2.75, 3.05) is 23.8 Å². The molecule has 0 fully saturated rings. The lowest BCUT2D eigenvalue weighted by Crippen LogP contribution is -2.19. The summed E-state index contributed by atoms with van der Waals surface area (Å²) in [6.45, 7) is 1.05. The monoisotopic (exact) mass is 313 g/mol. The van der Waals surface area contributed by atoms with Crippen LogP contribution < -0.4 is 4.90 Å². The van der Waals surface area contributed by atoms with Crippen molar-refractivity contribution in [1.82, 2.24) is 9.97 Å². The van der Waals surface area contributed by atoms with E-state index in [4.69, 9.17) is 0 Å². The summed E-state index contributed by atoms with van der Waals surface area (Å²) in [5, 5.41) is 3.17. The van der Waals surface area contributed by atoms with Crippen molar-refractivity contribution >= 4 is 43.3 Å². The van der Waals surface area contributed by atoms with Crippen LogP contribution in [-0.2, 0) is 0 Å². The zero-order chi connectivity index (χ0) is 12.1. The van der Waals surface area contributed by atoms with Crippen LogP contribution in [0.5, 0.6) is 0 Å². The Morgan fingerprint density at radius 3 is 3.00 bits per heavy atom. The van der Waals surface area contributed by atoms with Crippen molar-refractivity contribution in [2.24, 2.45) is 0 Å². The van der Waals surface area contributed by atoms with Crippen LogP contribution in [0.15, 0.2) is 17.8 Å². The molecule has 0 radical (unpaired) electrons. The molecule has 3 nitrogen and oxygen atoms in total. The molecule has 0 aromatic carbocycles. The zero-order valence-electron chi connectivity index (χ0n) is 9.90. The highest BCUT2D eigenvalue weighted by Gasteiger charge is 2.08. The lowest BCUT2D eigenvalue weighted by molar-refractivity contribution is 0.708. The first-order chi connectivity index (χ1) is 8.33. The molecule has 0 saturated carbocycles. The first-order valence-electron chi connectivity index (χ1n) is 5.78. The molecule has 2 heterocycles. The third-order valence-electron chi connectivity index (χ3n) is 2.71. The van der Waals surface area contributed by atoms with Gasteiger partial charge in [0.05, 0.1) is 10.2 Å². The number of unbranched alkanes of at least 4 members (excludes halogenated alkanes) is 2. The molecule has 0 amide bonds. The second-order valence-corrected chi connectivity index (χ2v) is 5.71. The highest BCUT2D eigenvalue weighted by molar-refractivity contribution is 9.09. The van der Waals surface area contributed by atoms with Crippen LogP contribution in [0.4, 0.5) is 5.82 Å². The van der Waals surface area contributed by atoms with Crippen LogP contribution in [0.2, 0.25) is 0 Å². The van der Waals surface area contributed by atoms with Crippen molar-refractivity contribution in [3.63, 3.8) is 0 Å². The maximum Gasteiger partial charge on any atom is 0.149 e. The van der Waals surface area contributed by atoms with Gasteiger partial charge >= 0.3 is 0 Å². The standard InChI is InChI=1S/C12H16BrN3S/c1-16(7-4-2-3-6-13)12-11-10(5-8-17-11)14-9-15-12/h5,8-9H,2-4,6-7H2,1H3. The maximum absolute atomic E-state index is 4.39. The van der Waals surface area contributed by atoms with E-state index in [1.165, 1.54) is 24.0 Å². The summed E-state index contributed by atoms with van der Waals surface area (Å²) in [5.74, 6) is 1.06. The van der Waals surface area contributed by atoms with Gasteiger partial charge in [-0.15, -0.1) is 11.3 Å². The normalized spacial score (nSPS) is 10.9. The number of halogens is 1. The van der Waals surface area contributed by atoms with E-state index < -0.39 is 0 Å². The smallest absolute Gasteiger partial charge is 0.149 e. The van der Waals surface area contributed by atoms with Crippen LogP contribution in [0.3, 0.4) is 0 Å². The number of aromatic nitrogens is 2. The molecule has 0 aliphatic carbocycles. The summed E-state index contributed by atoms with van der Waals surface area (Å²) in [7, 11) is 2.11. The molecule has 0 aliphatic heterocycles. The number of nitrogens with zero attached hydrogens (tertiary/aromatic N) is 3. The minimum absolute atomic E-state index is 1.05. The van der Waals surface area contributed by atoms with Crippen LogP contribution in [-0.4, -0.2) is 28.9 Å². The Balaban J connectivity index is 2.03. The van der Waals surface area contributed by atoms with Crippen LogP contribution in [0, 0.1) is 0 Å². The Morgan fingerprint density at radius 1 is 1.29 bits per heavy atom. The molecule has 92 valence electrons. The molecule has 0 atom stereocenters. The van der Waals surface area contributed by atoms with Gasteiger partial charge in [0.2, 0.25) is 0 Å². The molecule has 0 bridgehead atoms. The third kappa shape index (κ3) is 3.16. The maximum atomic E-state index is 4.39. The van der Waals surface area contributed by atoms with Crippen molar-refractivity contribution in [3.8, 4) is 0 Å². The fourth-order valence-electron chi connectivity index (χ4n) is 1.77. The summed E-state index contributed by atoms with van der Waals surface area (Å²) in [5.41, 5.74) is 1.05. The van der Waals surface area contributed by atoms with Gasteiger partial charge in [0.15, 0.2) is 0 Å². The molecule has 0 N–H and O–H groups in total. The van der Waals surface area contributed by atoms with Gasteiger partial charge in [0.1, 0.15) is 12.1 Å². The quantitative estimate of drug-likeness (QED) is 0.601. The SMILES string of the molecule is CN(CCCCCBr)c1ncnc2ccsc12. The second-order valence-electron chi connectivity index (χ2n) is 4.00. The van der Waals surface area contributed by atoms with Gasteiger partial charge in [-0.1, -0.05) is 22.4 Å². The number of thiophene rings is 1. The molecule has 17 heavy (non-hydrogen) atoms. The topological polar surface area (TPSA) is 29.0 Å². The summed E-state index contributed by atoms with van der Waals surface area (Å²) in [6, 6.07) is 2.05. The van der Waals surface area contributed by atoms with Crippen LogP contribution in [0.25, 0.3) is 10.2 Å². The predicted octanol–water partition coefficient (Wildman–Crippen LogP) is 3.69. The van der Waals surface area contributed by atoms with Gasteiger partial charge in [-0.05, 0) is 24.3 Å². The van der Waals surface area contributed by atoms with E-state index in [1.54, 1.807) is 17.7 Å². The van der Waals surface area contributed by atoms with Gasteiger partial charge in [0, 0.05) is 18.9 Å². The number of anilines is 1. The van der Waals surface area contributed by atoms with E-state index in [9.17, 15) is 0 Å². The Morgan fingerprint density at radius 2 is 2.18 bits per heavy atom. The number of fused-ring (bicyclic) bond motifs is 1. The fraction of sp³-hybridized carbons (Fsp3) is 0.500. The van der Waals surface area contributed by atoms with E-state index in [2.05, 4.69) is 43.2 Å². The van der Waals surface area contributed by atoms with Gasteiger partial charge in [-0.25, -0.2) is 9.97 Å². The summed E-state index contributed by atoms with van der Waals surface area (Å²) < 4.78 is 1.19. The van der Waals surface area contributed by atoms with Gasteiger partial charge in [0.25, 0.3) is 0 Å². The Hall–Kier alpha value is -0.680. The molecule has 2 aromatic heterocycles. The van der Waals surface area contributed by atoms with E-state index in [-0.39, 0.29) is 0 Å². The number of hydrogen-bond acceptors (Lipinski definition) is 4. The lowest BCUT2D eigenvalue weighted by atomic mass is 10.2. The van der Waals surface area contributed by atoms with E-state index in [0.29, 0.717) is 0 Å². The van der Waals surface area contributed by atoms with Crippen LogP contribution >= 0.6 is 27.3 Å². The molecule has 0 unspecified atom stereocenters. The molecule has 5 heteroatoms. The van der Waals surface area contributed by atoms with Gasteiger partial charge < -0.3 is 4.90 Å². The van der Waals surface area contributed by atoms with Crippen molar-refractivity contribution < 1.29 is 0 Å². The van der Waals surface area contributed by atoms with Crippen molar-refractivity contribution in [3.05, 3.63) is 17.8 Å². The first-order valence-corrected chi connectivity index (χ1v) is 7.78. The Bertz CT molecular complexity index is 471. The Kier molecular flexibility index (Phi) is 4.74. The van der Waals surface area contributed by atoms with E-state index in [1.807, 2.05) is 6.07 Å². The molecular formula is C12H16BrN3S. The molecule has 2 rings (SSSR count). The first kappa shape index (κ1) is 12.8. The molecule has 0 spiro atoms. The zero-order valence-corrected chi connectivity index (χ0v) is 12.3. The van der Waals surface area contributed by atoms with Gasteiger partial charge in [-0.2, -0.15) is 0 Å². The summed E-state index contributed by atoms with van der Waals surface area (Å²) in [6.07, 6.45) is 5.36. The van der Waals surface area contributed by atoms with E-state index >= 15 is 0 Å². The van der Waals surface area contributed by atoms with Crippen molar-refractivity contribution in [2.45, 2.75) is 19.3 Å². The molecule has 2 aromatic rings. The highest BCUT2D eigenvalue weighted by Crippen LogP contribution is 2.27. The Labute approximate surface area is 114 Å². The third-order valence-corrected chi connectivity index (χ3v) is 4.17. The molecular weight excluding hydrogens is 298 g/mol. The van der Waals surface area contributed by atoms with Crippen LogP contribution in [0.1, 0.15) is 19.3 Å². The molecule has 0 saturated heterocycles. The van der Waals surface area contributed by atoms with E-state index in [0.717, 1.165) is 23.2 Å². The number of hydrogen-bond donors (Lipinski definition) is 0. The number of alkyl halides is 1. The average molecular weight is 314 g/mol. The van der Waals surface area contributed by atoms with Gasteiger partial charge in [-0.3, -0.25) is 0 Å². The second kappa shape index (κ2) is 6.31. The number of rotatable bonds is 6. The largest absolute Gasteiger partial charge is 0.358 e. The fourth-order valence-corrected chi connectivity index (χ4v) is 3.06. The average Bonchev–Trinajstić information content (AvgIpc) is 2.82.